The van der Waals surface area contributed by atoms with Crippen molar-refractivity contribution in [2.45, 2.75) is 25.9 Å². The van der Waals surface area contributed by atoms with Crippen molar-refractivity contribution in [1.29, 1.82) is 0 Å². The van der Waals surface area contributed by atoms with E-state index in [-0.39, 0.29) is 0 Å². The van der Waals surface area contributed by atoms with E-state index in [0.717, 1.165) is 42.6 Å². The lowest BCUT2D eigenvalue weighted by Crippen LogP contribution is -2.34. The minimum Gasteiger partial charge on any atom is -0.490 e. The minimum atomic E-state index is 0.431. The van der Waals surface area contributed by atoms with Crippen molar-refractivity contribution in [3.05, 3.63) is 29.8 Å². The SMILES string of the molecule is Cc1ccc(OC2CC3CC2C2COCC32)cc1. The van der Waals surface area contributed by atoms with Crippen LogP contribution in [0.4, 0.5) is 0 Å². The summed E-state index contributed by atoms with van der Waals surface area (Å²) in [5, 5.41) is 0. The monoisotopic (exact) mass is 244 g/mol. The normalized spacial score (nSPS) is 41.1. The first-order chi connectivity index (χ1) is 8.81. The van der Waals surface area contributed by atoms with E-state index in [9.17, 15) is 0 Å². The molecule has 3 aliphatic rings. The van der Waals surface area contributed by atoms with E-state index in [1.54, 1.807) is 0 Å². The highest BCUT2D eigenvalue weighted by atomic mass is 16.5. The predicted octanol–water partition coefficient (Wildman–Crippen LogP) is 3.04. The van der Waals surface area contributed by atoms with E-state index in [1.165, 1.54) is 18.4 Å². The van der Waals surface area contributed by atoms with Crippen LogP contribution in [0.1, 0.15) is 18.4 Å². The van der Waals surface area contributed by atoms with Crippen molar-refractivity contribution in [3.8, 4) is 5.75 Å². The molecule has 0 amide bonds. The van der Waals surface area contributed by atoms with E-state index < -0.39 is 0 Å². The smallest absolute Gasteiger partial charge is 0.119 e. The van der Waals surface area contributed by atoms with Gasteiger partial charge in [0.1, 0.15) is 11.9 Å². The molecule has 1 aromatic rings. The summed E-state index contributed by atoms with van der Waals surface area (Å²) in [6.45, 7) is 4.09. The topological polar surface area (TPSA) is 18.5 Å². The Balaban J connectivity index is 1.49. The van der Waals surface area contributed by atoms with Gasteiger partial charge in [0.25, 0.3) is 0 Å². The molecule has 1 aromatic carbocycles. The second kappa shape index (κ2) is 3.99. The molecule has 2 bridgehead atoms. The molecule has 0 N–H and O–H groups in total. The molecule has 3 fully saturated rings. The van der Waals surface area contributed by atoms with Crippen LogP contribution in [-0.2, 0) is 4.74 Å². The maximum absolute atomic E-state index is 6.22. The molecule has 5 unspecified atom stereocenters. The van der Waals surface area contributed by atoms with Gasteiger partial charge in [-0.25, -0.2) is 0 Å². The fraction of sp³-hybridized carbons (Fsp3) is 0.625. The third-order valence-electron chi connectivity index (χ3n) is 5.22. The summed E-state index contributed by atoms with van der Waals surface area (Å²) in [5.41, 5.74) is 1.29. The van der Waals surface area contributed by atoms with Crippen LogP contribution in [0, 0.1) is 30.6 Å². The predicted molar refractivity (Wildman–Crippen MR) is 69.6 cm³/mol. The lowest BCUT2D eigenvalue weighted by atomic mass is 9.80. The van der Waals surface area contributed by atoms with Gasteiger partial charge in [-0.1, -0.05) is 17.7 Å². The summed E-state index contributed by atoms with van der Waals surface area (Å²) in [5.74, 6) is 4.25. The van der Waals surface area contributed by atoms with Crippen LogP contribution in [0.15, 0.2) is 24.3 Å². The highest BCUT2D eigenvalue weighted by Gasteiger charge is 2.55. The highest BCUT2D eigenvalue weighted by molar-refractivity contribution is 5.27. The Bertz CT molecular complexity index is 439. The van der Waals surface area contributed by atoms with Gasteiger partial charge < -0.3 is 9.47 Å². The van der Waals surface area contributed by atoms with E-state index in [1.807, 2.05) is 0 Å². The molecule has 96 valence electrons. The van der Waals surface area contributed by atoms with Gasteiger partial charge in [-0.15, -0.1) is 0 Å². The number of ether oxygens (including phenoxy) is 2. The average Bonchev–Trinajstić information content (AvgIpc) is 3.03. The molecule has 0 radical (unpaired) electrons. The fourth-order valence-electron chi connectivity index (χ4n) is 4.31. The van der Waals surface area contributed by atoms with E-state index in [4.69, 9.17) is 9.47 Å². The summed E-state index contributed by atoms with van der Waals surface area (Å²) < 4.78 is 11.9. The summed E-state index contributed by atoms with van der Waals surface area (Å²) in [7, 11) is 0. The average molecular weight is 244 g/mol. The number of hydrogen-bond donors (Lipinski definition) is 0. The molecular formula is C16H20O2. The molecule has 2 nitrogen and oxygen atoms in total. The first kappa shape index (κ1) is 10.9. The van der Waals surface area contributed by atoms with Crippen LogP contribution in [-0.4, -0.2) is 19.3 Å². The number of aryl methyl sites for hydroxylation is 1. The molecule has 0 aromatic heterocycles. The lowest BCUT2D eigenvalue weighted by molar-refractivity contribution is 0.0878. The zero-order valence-corrected chi connectivity index (χ0v) is 10.8. The van der Waals surface area contributed by atoms with Crippen molar-refractivity contribution in [3.63, 3.8) is 0 Å². The molecule has 1 saturated heterocycles. The first-order valence-electron chi connectivity index (χ1n) is 7.12. The van der Waals surface area contributed by atoms with Gasteiger partial charge >= 0.3 is 0 Å². The van der Waals surface area contributed by atoms with Gasteiger partial charge in [-0.3, -0.25) is 0 Å². The number of benzene rings is 1. The van der Waals surface area contributed by atoms with E-state index in [2.05, 4.69) is 31.2 Å². The Hall–Kier alpha value is -1.02. The van der Waals surface area contributed by atoms with Crippen LogP contribution < -0.4 is 4.74 Å². The van der Waals surface area contributed by atoms with Gasteiger partial charge in [0, 0.05) is 5.92 Å². The molecule has 1 heterocycles. The minimum absolute atomic E-state index is 0.431. The largest absolute Gasteiger partial charge is 0.490 e. The zero-order chi connectivity index (χ0) is 12.1. The van der Waals surface area contributed by atoms with Crippen LogP contribution in [0.3, 0.4) is 0 Å². The van der Waals surface area contributed by atoms with Gasteiger partial charge in [-0.05, 0) is 49.7 Å². The summed E-state index contributed by atoms with van der Waals surface area (Å²) in [6.07, 6.45) is 3.04. The van der Waals surface area contributed by atoms with Crippen LogP contribution >= 0.6 is 0 Å². The van der Waals surface area contributed by atoms with Crippen molar-refractivity contribution in [2.24, 2.45) is 23.7 Å². The highest BCUT2D eigenvalue weighted by Crippen LogP contribution is 2.55. The fourth-order valence-corrected chi connectivity index (χ4v) is 4.31. The van der Waals surface area contributed by atoms with E-state index >= 15 is 0 Å². The van der Waals surface area contributed by atoms with Crippen molar-refractivity contribution in [1.82, 2.24) is 0 Å². The molecular weight excluding hydrogens is 224 g/mol. The quantitative estimate of drug-likeness (QED) is 0.796. The Morgan fingerprint density at radius 1 is 1.00 bits per heavy atom. The molecule has 2 aliphatic carbocycles. The third-order valence-corrected chi connectivity index (χ3v) is 5.22. The molecule has 0 spiro atoms. The van der Waals surface area contributed by atoms with Gasteiger partial charge in [0.15, 0.2) is 0 Å². The number of fused-ring (bicyclic) bond motifs is 5. The molecule has 1 aliphatic heterocycles. The Kier molecular flexibility index (Phi) is 2.41. The maximum Gasteiger partial charge on any atom is 0.119 e. The van der Waals surface area contributed by atoms with Crippen LogP contribution in [0.5, 0.6) is 5.75 Å². The summed E-state index contributed by atoms with van der Waals surface area (Å²) >= 11 is 0. The standard InChI is InChI=1S/C16H20O2/c1-10-2-4-12(5-3-10)18-16-7-11-6-13(16)15-9-17-8-14(11)15/h2-5,11,13-16H,6-9H2,1H3. The lowest BCUT2D eigenvalue weighted by Gasteiger charge is -2.30. The second-order valence-electron chi connectivity index (χ2n) is 6.23. The van der Waals surface area contributed by atoms with Crippen molar-refractivity contribution in [2.75, 3.05) is 13.2 Å². The molecule has 2 heteroatoms. The van der Waals surface area contributed by atoms with Crippen molar-refractivity contribution >= 4 is 0 Å². The third kappa shape index (κ3) is 1.58. The molecule has 18 heavy (non-hydrogen) atoms. The molecule has 4 rings (SSSR count). The first-order valence-corrected chi connectivity index (χ1v) is 7.12. The summed E-state index contributed by atoms with van der Waals surface area (Å²) in [4.78, 5) is 0. The Labute approximate surface area is 108 Å². The van der Waals surface area contributed by atoms with Crippen LogP contribution in [0.25, 0.3) is 0 Å². The maximum atomic E-state index is 6.22. The van der Waals surface area contributed by atoms with Gasteiger partial charge in [0.2, 0.25) is 0 Å². The van der Waals surface area contributed by atoms with Gasteiger partial charge in [0.05, 0.1) is 13.2 Å². The number of hydrogen-bond acceptors (Lipinski definition) is 2. The van der Waals surface area contributed by atoms with Gasteiger partial charge in [-0.2, -0.15) is 0 Å². The van der Waals surface area contributed by atoms with Crippen molar-refractivity contribution < 1.29 is 9.47 Å². The zero-order valence-electron chi connectivity index (χ0n) is 10.8. The second-order valence-corrected chi connectivity index (χ2v) is 6.23. The molecule has 2 saturated carbocycles. The summed E-state index contributed by atoms with van der Waals surface area (Å²) in [6, 6.07) is 8.46. The number of rotatable bonds is 2. The van der Waals surface area contributed by atoms with Crippen LogP contribution in [0.2, 0.25) is 0 Å². The van der Waals surface area contributed by atoms with E-state index in [0.29, 0.717) is 6.10 Å². The molecule has 5 atom stereocenters. The Morgan fingerprint density at radius 2 is 1.78 bits per heavy atom. The Morgan fingerprint density at radius 3 is 2.61 bits per heavy atom.